The molecule has 0 unspecified atom stereocenters. The summed E-state index contributed by atoms with van der Waals surface area (Å²) >= 11 is 8.16. The molecule has 0 saturated carbocycles. The van der Waals surface area contributed by atoms with Gasteiger partial charge in [-0.1, -0.05) is 12.1 Å². The maximum absolute atomic E-state index is 3.22. The van der Waals surface area contributed by atoms with Crippen LogP contribution in [0.25, 0.3) is 0 Å². The van der Waals surface area contributed by atoms with Gasteiger partial charge in [-0.2, -0.15) is 11.3 Å². The molecule has 0 radical (unpaired) electrons. The lowest BCUT2D eigenvalue weighted by atomic mass is 10.7. The molecule has 0 spiro atoms. The lowest BCUT2D eigenvalue weighted by molar-refractivity contribution is 2.03. The molecule has 0 N–H and O–H groups in total. The van der Waals surface area contributed by atoms with E-state index >= 15 is 0 Å². The minimum atomic E-state index is 1.71. The third-order valence-electron chi connectivity index (χ3n) is 0.425. The first-order chi connectivity index (χ1) is 3.50. The van der Waals surface area contributed by atoms with Crippen LogP contribution in [0.1, 0.15) is 0 Å². The van der Waals surface area contributed by atoms with Gasteiger partial charge < -0.3 is 0 Å². The van der Waals surface area contributed by atoms with Gasteiger partial charge in [0.15, 0.2) is 0 Å². The van der Waals surface area contributed by atoms with Crippen LogP contribution in [0, 0.1) is 0 Å². The van der Waals surface area contributed by atoms with Crippen molar-refractivity contribution in [3.8, 4) is 0 Å². The standard InChI is InChI=1S/C4H4S.H2S2/c1-2-4-5-3-1;1-2/h1-4H;1-2H. The average molecular weight is 150 g/mol. The lowest BCUT2D eigenvalue weighted by Gasteiger charge is -1.39. The predicted octanol–water partition coefficient (Wildman–Crippen LogP) is 2.51. The topological polar surface area (TPSA) is 0 Å². The first-order valence-corrected chi connectivity index (χ1v) is 4.21. The third kappa shape index (κ3) is 4.25. The second kappa shape index (κ2) is 6.40. The SMILES string of the molecule is SS.c1ccsc1. The molecule has 7 heavy (non-hydrogen) atoms. The summed E-state index contributed by atoms with van der Waals surface area (Å²) in [5.41, 5.74) is 0. The summed E-state index contributed by atoms with van der Waals surface area (Å²) in [4.78, 5) is 0. The first-order valence-electron chi connectivity index (χ1n) is 1.67. The molecule has 0 aromatic carbocycles. The Hall–Kier alpha value is 0.400. The Kier molecular flexibility index (Phi) is 6.77. The molecule has 0 saturated heterocycles. The zero-order chi connectivity index (χ0) is 5.54. The van der Waals surface area contributed by atoms with Crippen LogP contribution in [0.15, 0.2) is 22.9 Å². The molecular weight excluding hydrogens is 144 g/mol. The van der Waals surface area contributed by atoms with Crippen molar-refractivity contribution >= 4 is 34.7 Å². The molecule has 0 atom stereocenters. The van der Waals surface area contributed by atoms with Crippen molar-refractivity contribution in [2.45, 2.75) is 0 Å². The molecular formula is C4H6S3. The Morgan fingerprint density at radius 1 is 1.00 bits per heavy atom. The zero-order valence-corrected chi connectivity index (χ0v) is 6.22. The second-order valence-electron chi connectivity index (χ2n) is 0.793. The van der Waals surface area contributed by atoms with E-state index in [1.54, 1.807) is 11.3 Å². The zero-order valence-electron chi connectivity index (χ0n) is 3.61. The van der Waals surface area contributed by atoms with Crippen molar-refractivity contribution in [1.82, 2.24) is 0 Å². The van der Waals surface area contributed by atoms with Gasteiger partial charge in [0.1, 0.15) is 0 Å². The number of thiol groups is 2. The van der Waals surface area contributed by atoms with Gasteiger partial charge >= 0.3 is 0 Å². The van der Waals surface area contributed by atoms with E-state index in [4.69, 9.17) is 0 Å². The van der Waals surface area contributed by atoms with E-state index < -0.39 is 0 Å². The van der Waals surface area contributed by atoms with Crippen molar-refractivity contribution < 1.29 is 0 Å². The van der Waals surface area contributed by atoms with Crippen molar-refractivity contribution in [2.75, 3.05) is 0 Å². The molecule has 0 aliphatic carbocycles. The van der Waals surface area contributed by atoms with Crippen LogP contribution in [0.3, 0.4) is 0 Å². The fourth-order valence-corrected chi connectivity index (χ4v) is 0.680. The molecule has 0 fully saturated rings. The molecule has 0 aliphatic rings. The van der Waals surface area contributed by atoms with Crippen LogP contribution in [0.4, 0.5) is 0 Å². The number of thiophene rings is 1. The van der Waals surface area contributed by atoms with Gasteiger partial charge in [0.05, 0.1) is 0 Å². The Bertz CT molecular complexity index is 63.4. The minimum Gasteiger partial charge on any atom is -0.152 e. The molecule has 1 aromatic heterocycles. The highest BCUT2D eigenvalue weighted by atomic mass is 33.1. The van der Waals surface area contributed by atoms with E-state index in [1.807, 2.05) is 22.9 Å². The maximum Gasteiger partial charge on any atom is -0.00934 e. The summed E-state index contributed by atoms with van der Waals surface area (Å²) in [5.74, 6) is 0. The Balaban J connectivity index is 0.000000162. The number of hydrogen-bond acceptors (Lipinski definition) is 3. The van der Waals surface area contributed by atoms with Gasteiger partial charge in [0.25, 0.3) is 0 Å². The van der Waals surface area contributed by atoms with E-state index in [-0.39, 0.29) is 0 Å². The largest absolute Gasteiger partial charge is 0.152 e. The molecule has 1 heterocycles. The minimum absolute atomic E-state index is 1.71. The van der Waals surface area contributed by atoms with E-state index in [1.165, 1.54) is 0 Å². The van der Waals surface area contributed by atoms with Crippen molar-refractivity contribution in [3.05, 3.63) is 22.9 Å². The van der Waals surface area contributed by atoms with E-state index in [0.717, 1.165) is 0 Å². The number of hydrogen-bond donors (Lipinski definition) is 2. The summed E-state index contributed by atoms with van der Waals surface area (Å²) in [6.07, 6.45) is 0. The first kappa shape index (κ1) is 7.40. The smallest absolute Gasteiger partial charge is 0.00934 e. The van der Waals surface area contributed by atoms with Crippen LogP contribution >= 0.6 is 34.7 Å². The van der Waals surface area contributed by atoms with Crippen molar-refractivity contribution in [2.24, 2.45) is 0 Å². The van der Waals surface area contributed by atoms with Crippen LogP contribution in [-0.4, -0.2) is 0 Å². The maximum atomic E-state index is 3.22. The Labute approximate surface area is 57.8 Å². The van der Waals surface area contributed by atoms with E-state index in [9.17, 15) is 0 Å². The van der Waals surface area contributed by atoms with Crippen LogP contribution in [0.2, 0.25) is 0 Å². The predicted molar refractivity (Wildman–Crippen MR) is 42.3 cm³/mol. The molecule has 0 bridgehead atoms. The van der Waals surface area contributed by atoms with Gasteiger partial charge in [-0.25, -0.2) is 0 Å². The van der Waals surface area contributed by atoms with Crippen LogP contribution in [-0.2, 0) is 0 Å². The van der Waals surface area contributed by atoms with Gasteiger partial charge in [0, 0.05) is 0 Å². The van der Waals surface area contributed by atoms with E-state index in [2.05, 4.69) is 23.3 Å². The molecule has 1 aromatic rings. The molecule has 0 nitrogen and oxygen atoms in total. The summed E-state index contributed by atoms with van der Waals surface area (Å²) < 4.78 is 0. The summed E-state index contributed by atoms with van der Waals surface area (Å²) in [7, 11) is 0. The van der Waals surface area contributed by atoms with Gasteiger partial charge in [-0.3, -0.25) is 0 Å². The number of rotatable bonds is 0. The van der Waals surface area contributed by atoms with Gasteiger partial charge in [-0.05, 0) is 10.8 Å². The van der Waals surface area contributed by atoms with E-state index in [0.29, 0.717) is 0 Å². The highest BCUT2D eigenvalue weighted by molar-refractivity contribution is 8.59. The van der Waals surface area contributed by atoms with Crippen LogP contribution in [0.5, 0.6) is 0 Å². The third-order valence-corrected chi connectivity index (χ3v) is 1.05. The molecule has 3 heteroatoms. The monoisotopic (exact) mass is 150 g/mol. The van der Waals surface area contributed by atoms with Crippen molar-refractivity contribution in [1.29, 1.82) is 0 Å². The Morgan fingerprint density at radius 2 is 1.43 bits per heavy atom. The van der Waals surface area contributed by atoms with Crippen LogP contribution < -0.4 is 0 Å². The second-order valence-corrected chi connectivity index (χ2v) is 1.61. The quantitative estimate of drug-likeness (QED) is 0.412. The van der Waals surface area contributed by atoms with Crippen molar-refractivity contribution in [3.63, 3.8) is 0 Å². The average Bonchev–Trinajstić information content (AvgIpc) is 2.23. The van der Waals surface area contributed by atoms with Gasteiger partial charge in [-0.15, -0.1) is 23.3 Å². The summed E-state index contributed by atoms with van der Waals surface area (Å²) in [5, 5.41) is 4.08. The molecule has 0 aliphatic heterocycles. The Morgan fingerprint density at radius 3 is 1.57 bits per heavy atom. The van der Waals surface area contributed by atoms with Gasteiger partial charge in [0.2, 0.25) is 0 Å². The molecule has 0 amide bonds. The normalized spacial score (nSPS) is 6.57. The summed E-state index contributed by atoms with van der Waals surface area (Å²) in [6.45, 7) is 0. The molecule has 1 rings (SSSR count). The molecule has 40 valence electrons. The highest BCUT2D eigenvalue weighted by Gasteiger charge is 1.58. The summed E-state index contributed by atoms with van der Waals surface area (Å²) in [6, 6.07) is 4.04. The fourth-order valence-electron chi connectivity index (χ4n) is 0.227. The fraction of sp³-hybridized carbons (Fsp3) is 0. The highest BCUT2D eigenvalue weighted by Crippen LogP contribution is 1.91. The lowest BCUT2D eigenvalue weighted by Crippen LogP contribution is -1.16.